The van der Waals surface area contributed by atoms with Crippen LogP contribution < -0.4 is 18.9 Å². The molecule has 0 spiro atoms. The Balaban J connectivity index is 0.000000396. The molecule has 1 aliphatic heterocycles. The Morgan fingerprint density at radius 3 is 2.37 bits per heavy atom. The van der Waals surface area contributed by atoms with E-state index in [-0.39, 0.29) is 23.4 Å². The fourth-order valence-electron chi connectivity index (χ4n) is 2.72. The topological polar surface area (TPSA) is 94.5 Å². The van der Waals surface area contributed by atoms with Crippen molar-refractivity contribution in [3.05, 3.63) is 29.0 Å². The van der Waals surface area contributed by atoms with Gasteiger partial charge in [0.2, 0.25) is 0 Å². The maximum absolute atomic E-state index is 11.1. The highest BCUT2D eigenvalue weighted by molar-refractivity contribution is 7.85. The van der Waals surface area contributed by atoms with Crippen LogP contribution in [0.3, 0.4) is 0 Å². The number of fused-ring (bicyclic) bond motifs is 1. The number of benzene rings is 1. The van der Waals surface area contributed by atoms with Gasteiger partial charge in [-0.25, -0.2) is 0 Å². The van der Waals surface area contributed by atoms with E-state index in [9.17, 15) is 8.42 Å². The Morgan fingerprint density at radius 2 is 1.80 bits per heavy atom. The van der Waals surface area contributed by atoms with E-state index in [1.807, 2.05) is 10.8 Å². The molecule has 0 saturated heterocycles. The Kier molecular flexibility index (Phi) is 9.22. The highest BCUT2D eigenvalue weighted by Gasteiger charge is 2.23. The molecule has 1 unspecified atom stereocenters. The van der Waals surface area contributed by atoms with Crippen LogP contribution in [0.4, 0.5) is 0 Å². The lowest BCUT2D eigenvalue weighted by Crippen LogP contribution is -2.34. The third-order valence-electron chi connectivity index (χ3n) is 4.51. The van der Waals surface area contributed by atoms with E-state index in [4.69, 9.17) is 23.5 Å². The molecule has 1 aliphatic rings. The molecular weight excluding hydrogens is 430 g/mol. The third kappa shape index (κ3) is 6.76. The second kappa shape index (κ2) is 11.4. The number of thiophene rings is 1. The fourth-order valence-corrected chi connectivity index (χ4v) is 3.89. The smallest absolute Gasteiger partial charge is 0.294 e. The van der Waals surface area contributed by atoms with E-state index < -0.39 is 10.1 Å². The van der Waals surface area contributed by atoms with Gasteiger partial charge in [0.25, 0.3) is 10.1 Å². The summed E-state index contributed by atoms with van der Waals surface area (Å²) in [6, 6.07) is 3.85. The van der Waals surface area contributed by atoms with Crippen LogP contribution in [0.25, 0.3) is 0 Å². The number of hydrogen-bond acceptors (Lipinski definition) is 8. The van der Waals surface area contributed by atoms with Crippen molar-refractivity contribution in [2.45, 2.75) is 31.8 Å². The summed E-state index contributed by atoms with van der Waals surface area (Å²) in [5.74, 6) is 1.96. The number of rotatable bonds is 8. The quantitative estimate of drug-likeness (QED) is 0.599. The normalized spacial score (nSPS) is 15.3. The van der Waals surface area contributed by atoms with Crippen molar-refractivity contribution < 1.29 is 31.9 Å². The molecule has 10 heteroatoms. The largest absolute Gasteiger partial charge is 0.493 e. The van der Waals surface area contributed by atoms with Gasteiger partial charge in [0, 0.05) is 16.8 Å². The van der Waals surface area contributed by atoms with Crippen LogP contribution in [0.2, 0.25) is 0 Å². The van der Waals surface area contributed by atoms with Gasteiger partial charge in [0.05, 0.1) is 12.0 Å². The summed E-state index contributed by atoms with van der Waals surface area (Å²) in [4.78, 5) is 2.11. The minimum Gasteiger partial charge on any atom is -0.493 e. The van der Waals surface area contributed by atoms with Crippen molar-refractivity contribution in [2.24, 2.45) is 0 Å². The minimum absolute atomic E-state index is 0.202. The lowest BCUT2D eigenvalue weighted by molar-refractivity contribution is 0.0537. The van der Waals surface area contributed by atoms with Crippen LogP contribution >= 0.6 is 11.3 Å². The van der Waals surface area contributed by atoms with Gasteiger partial charge in [-0.3, -0.25) is 4.55 Å². The van der Waals surface area contributed by atoms with Gasteiger partial charge in [0.1, 0.15) is 13.2 Å². The highest BCUT2D eigenvalue weighted by atomic mass is 32.2. The van der Waals surface area contributed by atoms with Crippen LogP contribution in [0.5, 0.6) is 23.0 Å². The summed E-state index contributed by atoms with van der Waals surface area (Å²) in [5.41, 5.74) is 0. The first-order chi connectivity index (χ1) is 14.3. The molecule has 1 aromatic heterocycles. The van der Waals surface area contributed by atoms with Crippen molar-refractivity contribution in [1.29, 1.82) is 0 Å². The van der Waals surface area contributed by atoms with E-state index in [2.05, 4.69) is 25.7 Å². The van der Waals surface area contributed by atoms with Crippen LogP contribution in [-0.4, -0.2) is 63.9 Å². The third-order valence-corrected chi connectivity index (χ3v) is 6.06. The molecule has 2 aromatic rings. The van der Waals surface area contributed by atoms with Crippen molar-refractivity contribution in [3.63, 3.8) is 0 Å². The number of methoxy groups -OCH3 is 1. The first-order valence-corrected chi connectivity index (χ1v) is 12.1. The van der Waals surface area contributed by atoms with E-state index >= 15 is 0 Å². The maximum atomic E-state index is 11.1. The second-order valence-electron chi connectivity index (χ2n) is 6.37. The van der Waals surface area contributed by atoms with Gasteiger partial charge in [-0.15, -0.1) is 11.3 Å². The Hall–Kier alpha value is -2.01. The molecule has 0 radical (unpaired) electrons. The molecule has 2 heterocycles. The van der Waals surface area contributed by atoms with Gasteiger partial charge < -0.3 is 23.8 Å². The highest BCUT2D eigenvalue weighted by Crippen LogP contribution is 2.36. The molecule has 3 rings (SSSR count). The molecule has 1 aromatic carbocycles. The lowest BCUT2D eigenvalue weighted by atomic mass is 10.3. The molecule has 0 fully saturated rings. The molecule has 0 aliphatic carbocycles. The molecule has 30 heavy (non-hydrogen) atoms. The Bertz CT molecular complexity index is 889. The van der Waals surface area contributed by atoms with Gasteiger partial charge >= 0.3 is 0 Å². The first-order valence-electron chi connectivity index (χ1n) is 9.68. The van der Waals surface area contributed by atoms with Gasteiger partial charge in [-0.1, -0.05) is 20.8 Å². The SMILES string of the molecule is CCN(CC)CC.COc1cc(S(=O)(=O)O)ccc1OCC1COc2cscc2O1. The molecule has 0 amide bonds. The summed E-state index contributed by atoms with van der Waals surface area (Å²) < 4.78 is 53.3. The molecule has 0 saturated carbocycles. The molecular formula is C20H29NO7S2. The maximum Gasteiger partial charge on any atom is 0.294 e. The van der Waals surface area contributed by atoms with Gasteiger partial charge in [-0.2, -0.15) is 8.42 Å². The summed E-state index contributed by atoms with van der Waals surface area (Å²) >= 11 is 1.49. The fraction of sp³-hybridized carbons (Fsp3) is 0.500. The summed E-state index contributed by atoms with van der Waals surface area (Å²) in [6.45, 7) is 10.7. The Morgan fingerprint density at radius 1 is 1.13 bits per heavy atom. The molecule has 0 bridgehead atoms. The minimum atomic E-state index is -4.29. The molecule has 168 valence electrons. The predicted octanol–water partition coefficient (Wildman–Crippen LogP) is 3.57. The van der Waals surface area contributed by atoms with Crippen molar-refractivity contribution in [3.8, 4) is 23.0 Å². The van der Waals surface area contributed by atoms with Crippen LogP contribution in [0.15, 0.2) is 33.9 Å². The zero-order valence-electron chi connectivity index (χ0n) is 17.7. The zero-order chi connectivity index (χ0) is 22.1. The average molecular weight is 460 g/mol. The van der Waals surface area contributed by atoms with E-state index in [0.29, 0.717) is 18.1 Å². The van der Waals surface area contributed by atoms with E-state index in [1.165, 1.54) is 56.3 Å². The number of nitrogens with zero attached hydrogens (tertiary/aromatic N) is 1. The monoisotopic (exact) mass is 459 g/mol. The number of hydrogen-bond donors (Lipinski definition) is 1. The first kappa shape index (κ1) is 24.3. The standard InChI is InChI=1S/C14H14O7S2.C6H15N/c1-18-12-4-10(23(15,16)17)2-3-11(12)19-5-9-6-20-13-7-22-8-14(13)21-9;1-4-7(5-2)6-3/h2-4,7-9H,5-6H2,1H3,(H,15,16,17);4-6H2,1-3H3. The van der Waals surface area contributed by atoms with E-state index in [0.717, 1.165) is 5.75 Å². The van der Waals surface area contributed by atoms with Crippen LogP contribution in [0, 0.1) is 0 Å². The number of ether oxygens (including phenoxy) is 4. The van der Waals surface area contributed by atoms with Crippen molar-refractivity contribution in [2.75, 3.05) is 40.0 Å². The predicted molar refractivity (Wildman–Crippen MR) is 116 cm³/mol. The summed E-state index contributed by atoms with van der Waals surface area (Å²) in [5, 5.41) is 3.71. The Labute approximate surface area is 182 Å². The van der Waals surface area contributed by atoms with Crippen LogP contribution in [0.1, 0.15) is 20.8 Å². The molecule has 1 N–H and O–H groups in total. The summed E-state index contributed by atoms with van der Waals surface area (Å²) in [7, 11) is -2.91. The lowest BCUT2D eigenvalue weighted by Gasteiger charge is -2.24. The van der Waals surface area contributed by atoms with Crippen molar-refractivity contribution >= 4 is 21.5 Å². The summed E-state index contributed by atoms with van der Waals surface area (Å²) in [6.07, 6.45) is -0.289. The van der Waals surface area contributed by atoms with Gasteiger partial charge in [-0.05, 0) is 31.8 Å². The van der Waals surface area contributed by atoms with Crippen LogP contribution in [-0.2, 0) is 10.1 Å². The van der Waals surface area contributed by atoms with Gasteiger partial charge in [0.15, 0.2) is 29.1 Å². The van der Waals surface area contributed by atoms with E-state index in [1.54, 1.807) is 0 Å². The zero-order valence-corrected chi connectivity index (χ0v) is 19.3. The average Bonchev–Trinajstić information content (AvgIpc) is 3.21. The second-order valence-corrected chi connectivity index (χ2v) is 8.53. The molecule has 1 atom stereocenters. The van der Waals surface area contributed by atoms with Crippen molar-refractivity contribution in [1.82, 2.24) is 4.90 Å². The molecule has 8 nitrogen and oxygen atoms in total.